The zero-order valence-electron chi connectivity index (χ0n) is 12.0. The first-order valence-electron chi connectivity index (χ1n) is 7.15. The van der Waals surface area contributed by atoms with Crippen LogP contribution in [0.1, 0.15) is 6.92 Å². The van der Waals surface area contributed by atoms with Crippen molar-refractivity contribution >= 4 is 39.0 Å². The van der Waals surface area contributed by atoms with Crippen molar-refractivity contribution in [1.82, 2.24) is 4.98 Å². The highest BCUT2D eigenvalue weighted by atomic mass is 32.2. The van der Waals surface area contributed by atoms with Crippen LogP contribution in [0, 0.1) is 0 Å². The molecular weight excluding hydrogens is 296 g/mol. The van der Waals surface area contributed by atoms with Gasteiger partial charge in [0.25, 0.3) is 0 Å². The monoisotopic (exact) mass is 314 g/mol. The molecule has 0 aliphatic carbocycles. The van der Waals surface area contributed by atoms with Crippen LogP contribution in [0.15, 0.2) is 58.9 Å². The Kier molecular flexibility index (Phi) is 4.78. The fraction of sp³-hybridized carbons (Fsp3) is 0.235. The van der Waals surface area contributed by atoms with Crippen molar-refractivity contribution in [3.8, 4) is 0 Å². The zero-order chi connectivity index (χ0) is 14.5. The first kappa shape index (κ1) is 14.4. The molecule has 0 aliphatic rings. The second-order valence-electron chi connectivity index (χ2n) is 4.71. The van der Waals surface area contributed by atoms with Gasteiger partial charge in [-0.15, -0.1) is 11.3 Å². The molecular formula is C17H18N2S2. The minimum atomic E-state index is 1.03. The maximum absolute atomic E-state index is 4.67. The fourth-order valence-electron chi connectivity index (χ4n) is 2.26. The number of rotatable bonds is 6. The van der Waals surface area contributed by atoms with Crippen LogP contribution in [0.5, 0.6) is 0 Å². The number of hydrogen-bond acceptors (Lipinski definition) is 4. The molecule has 1 aromatic heterocycles. The zero-order valence-corrected chi connectivity index (χ0v) is 13.7. The minimum absolute atomic E-state index is 1.03. The molecule has 3 aromatic rings. The Morgan fingerprint density at radius 1 is 1.05 bits per heavy atom. The van der Waals surface area contributed by atoms with Gasteiger partial charge in [0.1, 0.15) is 0 Å². The summed E-state index contributed by atoms with van der Waals surface area (Å²) in [5.41, 5.74) is 2.41. The van der Waals surface area contributed by atoms with Crippen LogP contribution in [0.25, 0.3) is 10.2 Å². The molecule has 0 bridgehead atoms. The number of thioether (sulfide) groups is 1. The molecule has 0 saturated carbocycles. The van der Waals surface area contributed by atoms with Crippen LogP contribution in [0.3, 0.4) is 0 Å². The SMILES string of the molecule is CCN(CCSc1nc2ccccc2s1)c1ccccc1. The summed E-state index contributed by atoms with van der Waals surface area (Å²) in [6, 6.07) is 18.9. The van der Waals surface area contributed by atoms with Gasteiger partial charge in [-0.2, -0.15) is 0 Å². The molecule has 0 saturated heterocycles. The first-order chi connectivity index (χ1) is 10.4. The van der Waals surface area contributed by atoms with E-state index in [-0.39, 0.29) is 0 Å². The van der Waals surface area contributed by atoms with Crippen LogP contribution in [0.4, 0.5) is 5.69 Å². The number of anilines is 1. The van der Waals surface area contributed by atoms with Gasteiger partial charge >= 0.3 is 0 Å². The van der Waals surface area contributed by atoms with Gasteiger partial charge < -0.3 is 4.90 Å². The molecule has 0 N–H and O–H groups in total. The Balaban J connectivity index is 1.60. The summed E-state index contributed by atoms with van der Waals surface area (Å²) >= 11 is 3.64. The molecule has 3 rings (SSSR count). The molecule has 0 unspecified atom stereocenters. The third-order valence-corrected chi connectivity index (χ3v) is 5.52. The van der Waals surface area contributed by atoms with E-state index in [9.17, 15) is 0 Å². The molecule has 0 amide bonds. The standard InChI is InChI=1S/C17H18N2S2/c1-2-19(14-8-4-3-5-9-14)12-13-20-17-18-15-10-6-7-11-16(15)21-17/h3-11H,2,12-13H2,1H3. The number of benzene rings is 2. The van der Waals surface area contributed by atoms with Crippen molar-refractivity contribution in [3.63, 3.8) is 0 Å². The van der Waals surface area contributed by atoms with Crippen LogP contribution >= 0.6 is 23.1 Å². The minimum Gasteiger partial charge on any atom is -0.371 e. The first-order valence-corrected chi connectivity index (χ1v) is 8.95. The van der Waals surface area contributed by atoms with Gasteiger partial charge in [0.2, 0.25) is 0 Å². The average molecular weight is 314 g/mol. The summed E-state index contributed by atoms with van der Waals surface area (Å²) in [7, 11) is 0. The number of aromatic nitrogens is 1. The molecule has 1 heterocycles. The third-order valence-electron chi connectivity index (χ3n) is 3.36. The summed E-state index contributed by atoms with van der Waals surface area (Å²) in [4.78, 5) is 7.07. The van der Waals surface area contributed by atoms with Crippen molar-refractivity contribution in [2.75, 3.05) is 23.7 Å². The van der Waals surface area contributed by atoms with Gasteiger partial charge in [-0.1, -0.05) is 42.1 Å². The molecule has 0 atom stereocenters. The second-order valence-corrected chi connectivity index (χ2v) is 7.08. The van der Waals surface area contributed by atoms with Crippen LogP contribution in [0.2, 0.25) is 0 Å². The summed E-state index contributed by atoms with van der Waals surface area (Å²) in [6.07, 6.45) is 0. The number of nitrogens with zero attached hydrogens (tertiary/aromatic N) is 2. The highest BCUT2D eigenvalue weighted by molar-refractivity contribution is 8.01. The van der Waals surface area contributed by atoms with Gasteiger partial charge in [-0.25, -0.2) is 4.98 Å². The topological polar surface area (TPSA) is 16.1 Å². The van der Waals surface area contributed by atoms with Crippen molar-refractivity contribution in [2.45, 2.75) is 11.3 Å². The van der Waals surface area contributed by atoms with Crippen molar-refractivity contribution in [1.29, 1.82) is 0 Å². The van der Waals surface area contributed by atoms with Gasteiger partial charge in [-0.3, -0.25) is 0 Å². The van der Waals surface area contributed by atoms with E-state index in [2.05, 4.69) is 65.3 Å². The molecule has 0 fully saturated rings. The molecule has 0 radical (unpaired) electrons. The van der Waals surface area contributed by atoms with Crippen LogP contribution in [-0.4, -0.2) is 23.8 Å². The summed E-state index contributed by atoms with van der Waals surface area (Å²) in [6.45, 7) is 4.28. The van der Waals surface area contributed by atoms with Gasteiger partial charge in [0.05, 0.1) is 10.2 Å². The number of thiazole rings is 1. The summed E-state index contributed by atoms with van der Waals surface area (Å²) in [5, 5.41) is 0. The van der Waals surface area contributed by atoms with E-state index in [0.717, 1.165) is 24.4 Å². The van der Waals surface area contributed by atoms with E-state index in [1.807, 2.05) is 17.8 Å². The molecule has 108 valence electrons. The normalized spacial score (nSPS) is 10.9. The van der Waals surface area contributed by atoms with Crippen molar-refractivity contribution in [3.05, 3.63) is 54.6 Å². The van der Waals surface area contributed by atoms with Crippen LogP contribution in [-0.2, 0) is 0 Å². The number of hydrogen-bond donors (Lipinski definition) is 0. The Hall–Kier alpha value is -1.52. The Morgan fingerprint density at radius 3 is 2.57 bits per heavy atom. The van der Waals surface area contributed by atoms with E-state index in [4.69, 9.17) is 0 Å². The van der Waals surface area contributed by atoms with E-state index >= 15 is 0 Å². The molecule has 4 heteroatoms. The van der Waals surface area contributed by atoms with E-state index < -0.39 is 0 Å². The largest absolute Gasteiger partial charge is 0.371 e. The molecule has 2 aromatic carbocycles. The summed E-state index contributed by atoms with van der Waals surface area (Å²) in [5.74, 6) is 1.06. The quantitative estimate of drug-likeness (QED) is 0.601. The molecule has 0 spiro atoms. The smallest absolute Gasteiger partial charge is 0.151 e. The van der Waals surface area contributed by atoms with Gasteiger partial charge in [0.15, 0.2) is 4.34 Å². The number of para-hydroxylation sites is 2. The number of fused-ring (bicyclic) bond motifs is 1. The van der Waals surface area contributed by atoms with E-state index in [0.29, 0.717) is 0 Å². The lowest BCUT2D eigenvalue weighted by atomic mass is 10.3. The second kappa shape index (κ2) is 6.96. The van der Waals surface area contributed by atoms with Gasteiger partial charge in [0, 0.05) is 24.5 Å². The predicted molar refractivity (Wildman–Crippen MR) is 94.7 cm³/mol. The highest BCUT2D eigenvalue weighted by Gasteiger charge is 2.06. The Bertz CT molecular complexity index is 661. The lowest BCUT2D eigenvalue weighted by molar-refractivity contribution is 0.872. The van der Waals surface area contributed by atoms with Crippen LogP contribution < -0.4 is 4.90 Å². The summed E-state index contributed by atoms with van der Waals surface area (Å²) < 4.78 is 2.44. The fourth-order valence-corrected chi connectivity index (χ4v) is 4.37. The molecule has 2 nitrogen and oxygen atoms in total. The lowest BCUT2D eigenvalue weighted by Gasteiger charge is -2.22. The van der Waals surface area contributed by atoms with Crippen molar-refractivity contribution < 1.29 is 0 Å². The maximum Gasteiger partial charge on any atom is 0.151 e. The Labute approximate surface area is 133 Å². The Morgan fingerprint density at radius 2 is 1.81 bits per heavy atom. The van der Waals surface area contributed by atoms with E-state index in [1.165, 1.54) is 14.7 Å². The molecule has 21 heavy (non-hydrogen) atoms. The van der Waals surface area contributed by atoms with Gasteiger partial charge in [-0.05, 0) is 31.2 Å². The van der Waals surface area contributed by atoms with E-state index in [1.54, 1.807) is 11.3 Å². The maximum atomic E-state index is 4.67. The molecule has 0 aliphatic heterocycles. The highest BCUT2D eigenvalue weighted by Crippen LogP contribution is 2.29. The third kappa shape index (κ3) is 3.57. The predicted octanol–water partition coefficient (Wildman–Crippen LogP) is 4.91. The van der Waals surface area contributed by atoms with Crippen molar-refractivity contribution in [2.24, 2.45) is 0 Å². The average Bonchev–Trinajstić information content (AvgIpc) is 2.95. The lowest BCUT2D eigenvalue weighted by Crippen LogP contribution is -2.25.